The van der Waals surface area contributed by atoms with Crippen LogP contribution in [-0.4, -0.2) is 24.1 Å². The smallest absolute Gasteiger partial charge is 0.168 e. The average molecular weight is 269 g/mol. The van der Waals surface area contributed by atoms with Gasteiger partial charge in [-0.25, -0.2) is 13.8 Å². The molecule has 1 aromatic heterocycles. The molecule has 0 saturated heterocycles. The second-order valence-electron chi connectivity index (χ2n) is 5.05. The van der Waals surface area contributed by atoms with Gasteiger partial charge in [0.2, 0.25) is 0 Å². The van der Waals surface area contributed by atoms with Crippen LogP contribution in [-0.2, 0) is 0 Å². The van der Waals surface area contributed by atoms with E-state index < -0.39 is 11.6 Å². The third-order valence-corrected chi connectivity index (χ3v) is 3.51. The Hall–Kier alpha value is -1.23. The second kappa shape index (κ2) is 7.38. The van der Waals surface area contributed by atoms with Crippen molar-refractivity contribution in [3.05, 3.63) is 23.9 Å². The third-order valence-electron chi connectivity index (χ3n) is 3.51. The fourth-order valence-electron chi connectivity index (χ4n) is 2.49. The Morgan fingerprint density at radius 1 is 1.11 bits per heavy atom. The minimum Gasteiger partial charge on any atom is -0.366 e. The Kier molecular flexibility index (Phi) is 5.51. The third kappa shape index (κ3) is 4.74. The van der Waals surface area contributed by atoms with Crippen LogP contribution >= 0.6 is 0 Å². The molecule has 1 aliphatic carbocycles. The lowest BCUT2D eigenvalue weighted by molar-refractivity contribution is 0.468. The molecule has 2 N–H and O–H groups in total. The molecule has 19 heavy (non-hydrogen) atoms. The number of aromatic nitrogens is 1. The lowest BCUT2D eigenvalue weighted by Crippen LogP contribution is -2.32. The summed E-state index contributed by atoms with van der Waals surface area (Å²) in [4.78, 5) is 3.69. The van der Waals surface area contributed by atoms with E-state index in [4.69, 9.17) is 0 Å². The zero-order valence-electron chi connectivity index (χ0n) is 11.1. The highest BCUT2D eigenvalue weighted by Gasteiger charge is 2.11. The molecule has 1 saturated carbocycles. The van der Waals surface area contributed by atoms with Crippen molar-refractivity contribution in [2.75, 3.05) is 18.4 Å². The molecule has 5 heteroatoms. The first-order valence-corrected chi connectivity index (χ1v) is 7.04. The van der Waals surface area contributed by atoms with Crippen LogP contribution in [0.1, 0.15) is 38.5 Å². The molecule has 0 aliphatic heterocycles. The molecule has 0 atom stereocenters. The fraction of sp³-hybridized carbons (Fsp3) is 0.643. The molecule has 1 aliphatic rings. The van der Waals surface area contributed by atoms with E-state index in [1.807, 2.05) is 0 Å². The normalized spacial score (nSPS) is 17.2. The van der Waals surface area contributed by atoms with Crippen LogP contribution in [0.3, 0.4) is 0 Å². The van der Waals surface area contributed by atoms with Crippen molar-refractivity contribution in [1.29, 1.82) is 0 Å². The first-order chi connectivity index (χ1) is 9.25. The predicted molar refractivity (Wildman–Crippen MR) is 72.1 cm³/mol. The van der Waals surface area contributed by atoms with Crippen LogP contribution in [0, 0.1) is 11.6 Å². The van der Waals surface area contributed by atoms with E-state index in [0.717, 1.165) is 18.8 Å². The lowest BCUT2D eigenvalue weighted by atomic mass is 10.1. The number of nitrogens with zero attached hydrogens (tertiary/aromatic N) is 1. The summed E-state index contributed by atoms with van der Waals surface area (Å²) in [6.45, 7) is 1.36. The SMILES string of the molecule is Fc1cnc(NCCNC2CCCCCC2)c(F)c1. The largest absolute Gasteiger partial charge is 0.366 e. The van der Waals surface area contributed by atoms with Gasteiger partial charge in [0.25, 0.3) is 0 Å². The standard InChI is InChI=1S/C14H21F2N3/c15-11-9-13(16)14(19-10-11)18-8-7-17-12-5-3-1-2-4-6-12/h9-10,12,17H,1-8H2,(H,18,19). The van der Waals surface area contributed by atoms with E-state index in [1.54, 1.807) is 0 Å². The highest BCUT2D eigenvalue weighted by atomic mass is 19.1. The monoisotopic (exact) mass is 269 g/mol. The number of rotatable bonds is 5. The van der Waals surface area contributed by atoms with Crippen LogP contribution < -0.4 is 10.6 Å². The van der Waals surface area contributed by atoms with Gasteiger partial charge in [-0.2, -0.15) is 0 Å². The van der Waals surface area contributed by atoms with Crippen molar-refractivity contribution in [3.63, 3.8) is 0 Å². The molecule has 1 heterocycles. The zero-order valence-corrected chi connectivity index (χ0v) is 11.1. The summed E-state index contributed by atoms with van der Waals surface area (Å²) in [6, 6.07) is 1.42. The Labute approximate surface area is 112 Å². The van der Waals surface area contributed by atoms with Gasteiger partial charge in [-0.1, -0.05) is 25.7 Å². The molecule has 1 fully saturated rings. The minimum atomic E-state index is -0.653. The number of hydrogen-bond donors (Lipinski definition) is 2. The lowest BCUT2D eigenvalue weighted by Gasteiger charge is -2.16. The molecule has 1 aromatic rings. The van der Waals surface area contributed by atoms with Crippen LogP contribution in [0.15, 0.2) is 12.3 Å². The maximum Gasteiger partial charge on any atom is 0.168 e. The quantitative estimate of drug-likeness (QED) is 0.637. The summed E-state index contributed by atoms with van der Waals surface area (Å²) in [7, 11) is 0. The van der Waals surface area contributed by atoms with Gasteiger partial charge in [0.1, 0.15) is 5.82 Å². The summed E-state index contributed by atoms with van der Waals surface area (Å²) >= 11 is 0. The van der Waals surface area contributed by atoms with Gasteiger partial charge in [-0.05, 0) is 12.8 Å². The van der Waals surface area contributed by atoms with Crippen LogP contribution in [0.4, 0.5) is 14.6 Å². The number of pyridine rings is 1. The van der Waals surface area contributed by atoms with Gasteiger partial charge in [0, 0.05) is 25.2 Å². The molecule has 0 spiro atoms. The van der Waals surface area contributed by atoms with Crippen molar-refractivity contribution in [2.24, 2.45) is 0 Å². The predicted octanol–water partition coefficient (Wildman–Crippen LogP) is 3.08. The van der Waals surface area contributed by atoms with Gasteiger partial charge in [0.15, 0.2) is 11.6 Å². The molecule has 0 amide bonds. The van der Waals surface area contributed by atoms with E-state index in [9.17, 15) is 8.78 Å². The number of anilines is 1. The van der Waals surface area contributed by atoms with Crippen molar-refractivity contribution in [1.82, 2.24) is 10.3 Å². The van der Waals surface area contributed by atoms with Gasteiger partial charge in [0.05, 0.1) is 6.20 Å². The Morgan fingerprint density at radius 2 is 1.84 bits per heavy atom. The molecule has 0 bridgehead atoms. The number of nitrogens with one attached hydrogen (secondary N) is 2. The molecule has 3 nitrogen and oxygen atoms in total. The van der Waals surface area contributed by atoms with E-state index in [2.05, 4.69) is 15.6 Å². The van der Waals surface area contributed by atoms with Crippen molar-refractivity contribution < 1.29 is 8.78 Å². The molecule has 106 valence electrons. The average Bonchev–Trinajstić information content (AvgIpc) is 2.65. The Balaban J connectivity index is 1.68. The molecule has 2 rings (SSSR count). The maximum absolute atomic E-state index is 13.3. The maximum atomic E-state index is 13.3. The minimum absolute atomic E-state index is 0.115. The second-order valence-corrected chi connectivity index (χ2v) is 5.05. The van der Waals surface area contributed by atoms with Crippen molar-refractivity contribution >= 4 is 5.82 Å². The topological polar surface area (TPSA) is 37.0 Å². The Bertz CT molecular complexity index is 390. The van der Waals surface area contributed by atoms with Gasteiger partial charge < -0.3 is 10.6 Å². The molecule has 0 aromatic carbocycles. The first-order valence-electron chi connectivity index (χ1n) is 7.04. The van der Waals surface area contributed by atoms with Crippen LogP contribution in [0.2, 0.25) is 0 Å². The Morgan fingerprint density at radius 3 is 2.53 bits per heavy atom. The highest BCUT2D eigenvalue weighted by molar-refractivity contribution is 5.35. The first kappa shape index (κ1) is 14.2. The summed E-state index contributed by atoms with van der Waals surface area (Å²) in [5.74, 6) is -1.18. The van der Waals surface area contributed by atoms with E-state index in [0.29, 0.717) is 12.6 Å². The summed E-state index contributed by atoms with van der Waals surface area (Å²) < 4.78 is 26.0. The number of hydrogen-bond acceptors (Lipinski definition) is 3. The van der Waals surface area contributed by atoms with Gasteiger partial charge in [-0.3, -0.25) is 0 Å². The fourth-order valence-corrected chi connectivity index (χ4v) is 2.49. The number of halogens is 2. The molecular formula is C14H21F2N3. The highest BCUT2D eigenvalue weighted by Crippen LogP contribution is 2.17. The van der Waals surface area contributed by atoms with Gasteiger partial charge in [-0.15, -0.1) is 0 Å². The van der Waals surface area contributed by atoms with Gasteiger partial charge >= 0.3 is 0 Å². The van der Waals surface area contributed by atoms with Crippen LogP contribution in [0.5, 0.6) is 0 Å². The summed E-state index contributed by atoms with van der Waals surface area (Å²) in [5.41, 5.74) is 0. The zero-order chi connectivity index (χ0) is 13.5. The van der Waals surface area contributed by atoms with Crippen LogP contribution in [0.25, 0.3) is 0 Å². The molecule has 0 unspecified atom stereocenters. The van der Waals surface area contributed by atoms with E-state index in [-0.39, 0.29) is 5.82 Å². The molecule has 0 radical (unpaired) electrons. The molecular weight excluding hydrogens is 248 g/mol. The van der Waals surface area contributed by atoms with Crippen molar-refractivity contribution in [2.45, 2.75) is 44.6 Å². The van der Waals surface area contributed by atoms with Crippen molar-refractivity contribution in [3.8, 4) is 0 Å². The van der Waals surface area contributed by atoms with E-state index in [1.165, 1.54) is 38.5 Å². The summed E-state index contributed by atoms with van der Waals surface area (Å²) in [5, 5.41) is 6.36. The van der Waals surface area contributed by atoms with E-state index >= 15 is 0 Å². The summed E-state index contributed by atoms with van der Waals surface area (Å²) in [6.07, 6.45) is 8.72.